The number of ether oxygens (including phenoxy) is 1. The van der Waals surface area contributed by atoms with Crippen molar-refractivity contribution < 1.29 is 22.3 Å². The van der Waals surface area contributed by atoms with Gasteiger partial charge in [0.2, 0.25) is 5.43 Å². The molecule has 0 radical (unpaired) electrons. The highest BCUT2D eigenvalue weighted by molar-refractivity contribution is 5.90. The van der Waals surface area contributed by atoms with Crippen LogP contribution in [0.5, 0.6) is 5.75 Å². The number of halogens is 3. The molecule has 3 aromatic rings. The molecule has 0 atom stereocenters. The summed E-state index contributed by atoms with van der Waals surface area (Å²) < 4.78 is 45.7. The molecular weight excluding hydrogens is 273 g/mol. The number of para-hydroxylation sites is 1. The molecule has 0 spiro atoms. The third-order valence-corrected chi connectivity index (χ3v) is 2.78. The quantitative estimate of drug-likeness (QED) is 0.636. The van der Waals surface area contributed by atoms with Crippen molar-refractivity contribution in [3.8, 4) is 5.75 Å². The second-order valence-electron chi connectivity index (χ2n) is 4.13. The van der Waals surface area contributed by atoms with E-state index in [-0.39, 0.29) is 16.4 Å². The number of hydrogen-bond donors (Lipinski definition) is 0. The average molecular weight is 280 g/mol. The highest BCUT2D eigenvalue weighted by Crippen LogP contribution is 2.27. The minimum absolute atomic E-state index is 0.0513. The zero-order valence-electron chi connectivity index (χ0n) is 9.90. The first-order valence-electron chi connectivity index (χ1n) is 5.65. The Balaban J connectivity index is 2.25. The van der Waals surface area contributed by atoms with Crippen LogP contribution in [0.2, 0.25) is 0 Å². The smallest absolute Gasteiger partial charge is 0.456 e. The largest absolute Gasteiger partial charge is 0.573 e. The second-order valence-corrected chi connectivity index (χ2v) is 4.13. The molecule has 0 aliphatic carbocycles. The second kappa shape index (κ2) is 4.26. The molecule has 2 aromatic carbocycles. The van der Waals surface area contributed by atoms with Crippen molar-refractivity contribution in [1.82, 2.24) is 0 Å². The SMILES string of the molecule is O=c1c2ccccc2oc2cc(OC(F)(F)F)ccc12. The lowest BCUT2D eigenvalue weighted by Crippen LogP contribution is -2.17. The highest BCUT2D eigenvalue weighted by Gasteiger charge is 2.31. The van der Waals surface area contributed by atoms with Crippen molar-refractivity contribution in [2.75, 3.05) is 0 Å². The molecule has 6 heteroatoms. The van der Waals surface area contributed by atoms with Crippen LogP contribution in [0.25, 0.3) is 21.9 Å². The highest BCUT2D eigenvalue weighted by atomic mass is 19.4. The van der Waals surface area contributed by atoms with E-state index in [1.165, 1.54) is 6.07 Å². The fourth-order valence-electron chi connectivity index (χ4n) is 1.98. The summed E-state index contributed by atoms with van der Waals surface area (Å²) in [6.45, 7) is 0. The molecule has 0 aliphatic heterocycles. The van der Waals surface area contributed by atoms with Gasteiger partial charge in [-0.25, -0.2) is 0 Å². The zero-order valence-corrected chi connectivity index (χ0v) is 9.90. The summed E-state index contributed by atoms with van der Waals surface area (Å²) in [5.74, 6) is -0.427. The summed E-state index contributed by atoms with van der Waals surface area (Å²) in [5, 5.41) is 0.586. The molecular formula is C14H7F3O3. The van der Waals surface area contributed by atoms with Crippen molar-refractivity contribution in [1.29, 1.82) is 0 Å². The van der Waals surface area contributed by atoms with E-state index >= 15 is 0 Å². The van der Waals surface area contributed by atoms with Crippen LogP contribution in [0, 0.1) is 0 Å². The third kappa shape index (κ3) is 2.20. The number of benzene rings is 2. The molecule has 1 aromatic heterocycles. The Morgan fingerprint density at radius 1 is 0.950 bits per heavy atom. The maximum Gasteiger partial charge on any atom is 0.573 e. The van der Waals surface area contributed by atoms with E-state index in [0.29, 0.717) is 11.0 Å². The van der Waals surface area contributed by atoms with Gasteiger partial charge in [0.05, 0.1) is 10.8 Å². The lowest BCUT2D eigenvalue weighted by molar-refractivity contribution is -0.274. The summed E-state index contributed by atoms with van der Waals surface area (Å²) >= 11 is 0. The molecule has 0 unspecified atom stereocenters. The van der Waals surface area contributed by atoms with Crippen LogP contribution in [-0.2, 0) is 0 Å². The fourth-order valence-corrected chi connectivity index (χ4v) is 1.98. The van der Waals surface area contributed by atoms with Gasteiger partial charge in [-0.15, -0.1) is 13.2 Å². The third-order valence-electron chi connectivity index (χ3n) is 2.78. The minimum atomic E-state index is -4.79. The van der Waals surface area contributed by atoms with E-state index in [4.69, 9.17) is 4.42 Å². The average Bonchev–Trinajstić information content (AvgIpc) is 2.37. The number of rotatable bonds is 1. The van der Waals surface area contributed by atoms with Crippen molar-refractivity contribution in [3.63, 3.8) is 0 Å². The number of alkyl halides is 3. The zero-order chi connectivity index (χ0) is 14.3. The molecule has 20 heavy (non-hydrogen) atoms. The molecule has 0 N–H and O–H groups in total. The minimum Gasteiger partial charge on any atom is -0.456 e. The van der Waals surface area contributed by atoms with E-state index < -0.39 is 12.1 Å². The summed E-state index contributed by atoms with van der Waals surface area (Å²) in [6.07, 6.45) is -4.79. The molecule has 0 bridgehead atoms. The Hall–Kier alpha value is -2.50. The van der Waals surface area contributed by atoms with Gasteiger partial charge in [-0.2, -0.15) is 0 Å². The van der Waals surface area contributed by atoms with Crippen molar-refractivity contribution >= 4 is 21.9 Å². The van der Waals surface area contributed by atoms with Crippen LogP contribution in [0.4, 0.5) is 13.2 Å². The molecule has 102 valence electrons. The Labute approximate surface area is 110 Å². The van der Waals surface area contributed by atoms with E-state index in [1.54, 1.807) is 24.3 Å². The predicted octanol–water partition coefficient (Wildman–Crippen LogP) is 3.84. The van der Waals surface area contributed by atoms with Crippen LogP contribution in [-0.4, -0.2) is 6.36 Å². The Kier molecular flexibility index (Phi) is 2.67. The van der Waals surface area contributed by atoms with E-state index in [1.807, 2.05) is 0 Å². The molecule has 3 nitrogen and oxygen atoms in total. The molecule has 0 saturated heterocycles. The van der Waals surface area contributed by atoms with Gasteiger partial charge in [0.15, 0.2) is 0 Å². The van der Waals surface area contributed by atoms with Gasteiger partial charge in [-0.3, -0.25) is 4.79 Å². The van der Waals surface area contributed by atoms with Gasteiger partial charge in [0, 0.05) is 6.07 Å². The first kappa shape index (κ1) is 12.5. The van der Waals surface area contributed by atoms with Gasteiger partial charge in [0.25, 0.3) is 0 Å². The lowest BCUT2D eigenvalue weighted by Gasteiger charge is -2.09. The Bertz CT molecular complexity index is 850. The van der Waals surface area contributed by atoms with Gasteiger partial charge < -0.3 is 9.15 Å². The van der Waals surface area contributed by atoms with Crippen LogP contribution in [0.15, 0.2) is 51.7 Å². The Morgan fingerprint density at radius 3 is 2.40 bits per heavy atom. The first-order chi connectivity index (χ1) is 9.44. The molecule has 0 amide bonds. The van der Waals surface area contributed by atoms with Crippen molar-refractivity contribution in [2.45, 2.75) is 6.36 Å². The van der Waals surface area contributed by atoms with E-state index in [2.05, 4.69) is 4.74 Å². The lowest BCUT2D eigenvalue weighted by atomic mass is 10.1. The standard InChI is InChI=1S/C14H7F3O3/c15-14(16,17)20-8-5-6-10-12(7-8)19-11-4-2-1-3-9(11)13(10)18/h1-7H. The fraction of sp³-hybridized carbons (Fsp3) is 0.0714. The topological polar surface area (TPSA) is 39.4 Å². The summed E-state index contributed by atoms with van der Waals surface area (Å²) in [6, 6.07) is 9.93. The van der Waals surface area contributed by atoms with Gasteiger partial charge >= 0.3 is 6.36 Å². The number of hydrogen-bond acceptors (Lipinski definition) is 3. The molecule has 0 saturated carbocycles. The van der Waals surface area contributed by atoms with E-state index in [0.717, 1.165) is 12.1 Å². The van der Waals surface area contributed by atoms with Crippen LogP contribution in [0.3, 0.4) is 0 Å². The van der Waals surface area contributed by atoms with Crippen molar-refractivity contribution in [2.24, 2.45) is 0 Å². The predicted molar refractivity (Wildman–Crippen MR) is 66.7 cm³/mol. The molecule has 1 heterocycles. The first-order valence-corrected chi connectivity index (χ1v) is 5.65. The summed E-state index contributed by atoms with van der Waals surface area (Å²) in [4.78, 5) is 12.2. The summed E-state index contributed by atoms with van der Waals surface area (Å²) in [7, 11) is 0. The van der Waals surface area contributed by atoms with Crippen LogP contribution >= 0.6 is 0 Å². The monoisotopic (exact) mass is 280 g/mol. The Morgan fingerprint density at radius 2 is 1.65 bits per heavy atom. The van der Waals surface area contributed by atoms with Gasteiger partial charge in [0.1, 0.15) is 16.9 Å². The van der Waals surface area contributed by atoms with Crippen molar-refractivity contribution in [3.05, 3.63) is 52.7 Å². The van der Waals surface area contributed by atoms with E-state index in [9.17, 15) is 18.0 Å². The maximum absolute atomic E-state index is 12.2. The molecule has 3 rings (SSSR count). The van der Waals surface area contributed by atoms with Gasteiger partial charge in [-0.05, 0) is 24.3 Å². The number of fused-ring (bicyclic) bond motifs is 2. The molecule has 0 fully saturated rings. The summed E-state index contributed by atoms with van der Waals surface area (Å²) in [5.41, 5.74) is 0.0741. The van der Waals surface area contributed by atoms with Gasteiger partial charge in [-0.1, -0.05) is 12.1 Å². The molecule has 0 aliphatic rings. The van der Waals surface area contributed by atoms with Crippen LogP contribution in [0.1, 0.15) is 0 Å². The normalized spacial score (nSPS) is 11.9. The van der Waals surface area contributed by atoms with Crippen LogP contribution < -0.4 is 10.2 Å². The maximum atomic E-state index is 12.2.